The summed E-state index contributed by atoms with van der Waals surface area (Å²) in [5.74, 6) is -1.82. The predicted molar refractivity (Wildman–Crippen MR) is 68.5 cm³/mol. The van der Waals surface area contributed by atoms with Crippen LogP contribution in [0.4, 0.5) is 8.78 Å². The first-order valence-corrected chi connectivity index (χ1v) is 6.28. The molecule has 0 aliphatic heterocycles. The summed E-state index contributed by atoms with van der Waals surface area (Å²) in [5.41, 5.74) is -0.684. The Balaban J connectivity index is 2.74. The highest BCUT2D eigenvalue weighted by atomic mass is 79.9. The zero-order chi connectivity index (χ0) is 13.9. The average Bonchev–Trinajstić information content (AvgIpc) is 2.26. The van der Waals surface area contributed by atoms with E-state index in [2.05, 4.69) is 15.9 Å². The molecule has 0 saturated carbocycles. The first-order valence-electron chi connectivity index (χ1n) is 5.49. The highest BCUT2D eigenvalue weighted by Crippen LogP contribution is 2.22. The van der Waals surface area contributed by atoms with Crippen LogP contribution in [0.1, 0.15) is 26.3 Å². The molecule has 0 heterocycles. The monoisotopic (exact) mass is 320 g/mol. The topological polar surface area (TPSA) is 26.3 Å². The summed E-state index contributed by atoms with van der Waals surface area (Å²) in [4.78, 5) is 11.6. The van der Waals surface area contributed by atoms with E-state index in [1.165, 1.54) is 6.07 Å². The quantitative estimate of drug-likeness (QED) is 0.791. The summed E-state index contributed by atoms with van der Waals surface area (Å²) in [7, 11) is 0. The minimum atomic E-state index is -0.737. The van der Waals surface area contributed by atoms with Crippen LogP contribution in [-0.4, -0.2) is 18.0 Å². The number of halogens is 3. The first-order chi connectivity index (χ1) is 8.20. The van der Waals surface area contributed by atoms with Crippen LogP contribution in [0.5, 0.6) is 0 Å². The Morgan fingerprint density at radius 2 is 1.94 bits per heavy atom. The molecular weight excluding hydrogens is 306 g/mol. The van der Waals surface area contributed by atoms with Gasteiger partial charge in [0, 0.05) is 12.0 Å². The number of Topliss-reactive ketones (excluding diaryl/α,β-unsaturated/α-hetero) is 1. The molecule has 0 amide bonds. The third-order valence-electron chi connectivity index (χ3n) is 2.18. The first kappa shape index (κ1) is 15.2. The smallest absolute Gasteiger partial charge is 0.163 e. The lowest BCUT2D eigenvalue weighted by Gasteiger charge is -2.18. The molecule has 0 atom stereocenters. The SMILES string of the molecule is CC(C)(C)OCC(=O)Cc1c(F)ccc(Br)c1F. The van der Waals surface area contributed by atoms with Gasteiger partial charge in [0.2, 0.25) is 0 Å². The van der Waals surface area contributed by atoms with Gasteiger partial charge in [-0.3, -0.25) is 4.79 Å². The fraction of sp³-hybridized carbons (Fsp3) is 0.462. The van der Waals surface area contributed by atoms with Crippen molar-refractivity contribution in [3.8, 4) is 0 Å². The van der Waals surface area contributed by atoms with Crippen molar-refractivity contribution >= 4 is 21.7 Å². The largest absolute Gasteiger partial charge is 0.368 e. The van der Waals surface area contributed by atoms with Crippen molar-refractivity contribution in [2.45, 2.75) is 32.8 Å². The van der Waals surface area contributed by atoms with Crippen LogP contribution in [0, 0.1) is 11.6 Å². The van der Waals surface area contributed by atoms with Crippen molar-refractivity contribution in [2.75, 3.05) is 6.61 Å². The van der Waals surface area contributed by atoms with E-state index in [1.807, 2.05) is 0 Å². The van der Waals surface area contributed by atoms with Crippen molar-refractivity contribution in [1.29, 1.82) is 0 Å². The standard InChI is InChI=1S/C13H15BrF2O2/c1-13(2,3)18-7-8(17)6-9-11(15)5-4-10(14)12(9)16/h4-5H,6-7H2,1-3H3. The molecule has 18 heavy (non-hydrogen) atoms. The molecule has 0 radical (unpaired) electrons. The number of benzene rings is 1. The summed E-state index contributed by atoms with van der Waals surface area (Å²) in [6, 6.07) is 2.39. The number of carbonyl (C=O) groups excluding carboxylic acids is 1. The van der Waals surface area contributed by atoms with E-state index in [0.717, 1.165) is 6.07 Å². The van der Waals surface area contributed by atoms with Crippen LogP contribution in [0.2, 0.25) is 0 Å². The number of hydrogen-bond acceptors (Lipinski definition) is 2. The second-order valence-electron chi connectivity index (χ2n) is 4.94. The van der Waals surface area contributed by atoms with Gasteiger partial charge in [0.1, 0.15) is 18.2 Å². The minimum Gasteiger partial charge on any atom is -0.368 e. The molecule has 0 aliphatic rings. The molecule has 0 spiro atoms. The molecule has 0 unspecified atom stereocenters. The van der Waals surface area contributed by atoms with Gasteiger partial charge in [-0.25, -0.2) is 8.78 Å². The van der Waals surface area contributed by atoms with Gasteiger partial charge >= 0.3 is 0 Å². The Hall–Kier alpha value is -0.810. The third kappa shape index (κ3) is 4.46. The van der Waals surface area contributed by atoms with Gasteiger partial charge in [-0.05, 0) is 48.8 Å². The van der Waals surface area contributed by atoms with E-state index in [-0.39, 0.29) is 28.8 Å². The number of hydrogen-bond donors (Lipinski definition) is 0. The van der Waals surface area contributed by atoms with E-state index < -0.39 is 17.2 Å². The van der Waals surface area contributed by atoms with Gasteiger partial charge < -0.3 is 4.74 Å². The maximum absolute atomic E-state index is 13.6. The van der Waals surface area contributed by atoms with Crippen molar-refractivity contribution in [1.82, 2.24) is 0 Å². The molecule has 1 rings (SSSR count). The lowest BCUT2D eigenvalue weighted by atomic mass is 10.1. The van der Waals surface area contributed by atoms with Gasteiger partial charge in [0.15, 0.2) is 5.78 Å². The van der Waals surface area contributed by atoms with Crippen LogP contribution >= 0.6 is 15.9 Å². The third-order valence-corrected chi connectivity index (χ3v) is 2.79. The molecule has 0 N–H and O–H groups in total. The van der Waals surface area contributed by atoms with E-state index >= 15 is 0 Å². The second kappa shape index (κ2) is 5.89. The van der Waals surface area contributed by atoms with Crippen molar-refractivity contribution < 1.29 is 18.3 Å². The van der Waals surface area contributed by atoms with E-state index in [9.17, 15) is 13.6 Å². The molecular formula is C13H15BrF2O2. The zero-order valence-electron chi connectivity index (χ0n) is 10.5. The summed E-state index contributed by atoms with van der Waals surface area (Å²) in [6.45, 7) is 5.26. The minimum absolute atomic E-state index is 0.142. The lowest BCUT2D eigenvalue weighted by Crippen LogP contribution is -2.24. The van der Waals surface area contributed by atoms with Crippen LogP contribution in [0.15, 0.2) is 16.6 Å². The number of ether oxygens (including phenoxy) is 1. The zero-order valence-corrected chi connectivity index (χ0v) is 12.1. The van der Waals surface area contributed by atoms with Crippen molar-refractivity contribution in [2.24, 2.45) is 0 Å². The Labute approximate surface area is 113 Å². The maximum Gasteiger partial charge on any atom is 0.163 e. The predicted octanol–water partition coefficient (Wildman–Crippen LogP) is 3.65. The lowest BCUT2D eigenvalue weighted by molar-refractivity contribution is -0.127. The van der Waals surface area contributed by atoms with Gasteiger partial charge in [0.25, 0.3) is 0 Å². The normalized spacial score (nSPS) is 11.7. The fourth-order valence-corrected chi connectivity index (χ4v) is 1.65. The second-order valence-corrected chi connectivity index (χ2v) is 5.79. The van der Waals surface area contributed by atoms with Crippen LogP contribution in [0.3, 0.4) is 0 Å². The van der Waals surface area contributed by atoms with Crippen molar-refractivity contribution in [3.05, 3.63) is 33.8 Å². The van der Waals surface area contributed by atoms with Crippen LogP contribution in [-0.2, 0) is 16.0 Å². The fourth-order valence-electron chi connectivity index (χ4n) is 1.28. The molecule has 1 aromatic carbocycles. The number of rotatable bonds is 4. The number of ketones is 1. The Morgan fingerprint density at radius 1 is 1.33 bits per heavy atom. The van der Waals surface area contributed by atoms with Gasteiger partial charge in [-0.15, -0.1) is 0 Å². The summed E-state index contributed by atoms with van der Waals surface area (Å²) >= 11 is 2.96. The highest BCUT2D eigenvalue weighted by Gasteiger charge is 2.18. The summed E-state index contributed by atoms with van der Waals surface area (Å²) in [5, 5.41) is 0. The number of carbonyl (C=O) groups is 1. The van der Waals surface area contributed by atoms with Crippen LogP contribution < -0.4 is 0 Å². The van der Waals surface area contributed by atoms with E-state index in [1.54, 1.807) is 20.8 Å². The van der Waals surface area contributed by atoms with E-state index in [4.69, 9.17) is 4.74 Å². The van der Waals surface area contributed by atoms with Crippen molar-refractivity contribution in [3.63, 3.8) is 0 Å². The molecule has 2 nitrogen and oxygen atoms in total. The Kier molecular flexibility index (Phi) is 4.99. The van der Waals surface area contributed by atoms with E-state index in [0.29, 0.717) is 0 Å². The molecule has 5 heteroatoms. The van der Waals surface area contributed by atoms with Gasteiger partial charge in [-0.2, -0.15) is 0 Å². The summed E-state index contributed by atoms with van der Waals surface area (Å²) in [6.07, 6.45) is -0.312. The highest BCUT2D eigenvalue weighted by molar-refractivity contribution is 9.10. The Morgan fingerprint density at radius 3 is 2.50 bits per heavy atom. The van der Waals surface area contributed by atoms with Crippen LogP contribution in [0.25, 0.3) is 0 Å². The molecule has 1 aromatic rings. The molecule has 0 bridgehead atoms. The molecule has 0 aromatic heterocycles. The van der Waals surface area contributed by atoms with Gasteiger partial charge in [0.05, 0.1) is 10.1 Å². The summed E-state index contributed by atoms with van der Waals surface area (Å²) < 4.78 is 32.4. The molecule has 0 aliphatic carbocycles. The molecule has 0 fully saturated rings. The molecule has 0 saturated heterocycles. The maximum atomic E-state index is 13.6. The van der Waals surface area contributed by atoms with Gasteiger partial charge in [-0.1, -0.05) is 0 Å². The average molecular weight is 321 g/mol. The molecule has 100 valence electrons. The Bertz CT molecular complexity index is 453.